The Kier molecular flexibility index (Phi) is 3.65. The summed E-state index contributed by atoms with van der Waals surface area (Å²) in [6, 6.07) is 4.68. The van der Waals surface area contributed by atoms with E-state index in [4.69, 9.17) is 5.11 Å². The van der Waals surface area contributed by atoms with Gasteiger partial charge in [0.25, 0.3) is 0 Å². The van der Waals surface area contributed by atoms with Gasteiger partial charge in [-0.1, -0.05) is 0 Å². The Hall–Kier alpha value is -0.650. The maximum atomic E-state index is 13.0. The molecule has 70 valence electrons. The predicted octanol–water partition coefficient (Wildman–Crippen LogP) is 2.45. The first-order valence-corrected chi connectivity index (χ1v) is 4.83. The van der Waals surface area contributed by atoms with Crippen LogP contribution in [0.15, 0.2) is 18.2 Å². The highest BCUT2D eigenvalue weighted by Gasteiger charge is 2.04. The first-order valence-electron chi connectivity index (χ1n) is 3.75. The molecule has 0 saturated heterocycles. The van der Waals surface area contributed by atoms with Crippen LogP contribution in [0.25, 0.3) is 0 Å². The van der Waals surface area contributed by atoms with Crippen molar-refractivity contribution < 1.29 is 14.3 Å². The third kappa shape index (κ3) is 3.30. The van der Waals surface area contributed by atoms with Gasteiger partial charge in [-0.25, -0.2) is 4.39 Å². The van der Waals surface area contributed by atoms with E-state index < -0.39 is 5.97 Å². The van der Waals surface area contributed by atoms with Gasteiger partial charge in [-0.15, -0.1) is 0 Å². The van der Waals surface area contributed by atoms with Crippen LogP contribution < -0.4 is 0 Å². The number of hydrogen-bond donors (Lipinski definition) is 1. The van der Waals surface area contributed by atoms with Crippen molar-refractivity contribution in [2.45, 2.75) is 12.8 Å². The monoisotopic (exact) mass is 294 g/mol. The van der Waals surface area contributed by atoms with Gasteiger partial charge in [0, 0.05) is 9.99 Å². The Bertz CT molecular complexity index is 325. The second-order valence-electron chi connectivity index (χ2n) is 2.63. The Morgan fingerprint density at radius 2 is 2.23 bits per heavy atom. The van der Waals surface area contributed by atoms with Crippen molar-refractivity contribution in [1.29, 1.82) is 0 Å². The summed E-state index contributed by atoms with van der Waals surface area (Å²) >= 11 is 2.07. The predicted molar refractivity (Wildman–Crippen MR) is 55.1 cm³/mol. The highest BCUT2D eigenvalue weighted by molar-refractivity contribution is 14.1. The van der Waals surface area contributed by atoms with Gasteiger partial charge < -0.3 is 5.11 Å². The number of carbonyl (C=O) groups is 1. The third-order valence-electron chi connectivity index (χ3n) is 1.62. The van der Waals surface area contributed by atoms with Gasteiger partial charge in [-0.3, -0.25) is 4.79 Å². The largest absolute Gasteiger partial charge is 0.481 e. The van der Waals surface area contributed by atoms with Gasteiger partial charge in [0.15, 0.2) is 0 Å². The van der Waals surface area contributed by atoms with Crippen LogP contribution >= 0.6 is 22.6 Å². The smallest absolute Gasteiger partial charge is 0.303 e. The molecule has 1 N–H and O–H groups in total. The molecule has 1 aromatic rings. The summed E-state index contributed by atoms with van der Waals surface area (Å²) in [5.74, 6) is -1.24. The van der Waals surface area contributed by atoms with Crippen molar-refractivity contribution in [3.63, 3.8) is 0 Å². The molecule has 0 amide bonds. The van der Waals surface area contributed by atoms with Crippen molar-refractivity contribution in [3.8, 4) is 0 Å². The molecule has 0 aliphatic rings. The highest BCUT2D eigenvalue weighted by atomic mass is 127. The van der Waals surface area contributed by atoms with Gasteiger partial charge in [0.1, 0.15) is 5.82 Å². The van der Waals surface area contributed by atoms with Gasteiger partial charge in [-0.05, 0) is 52.8 Å². The van der Waals surface area contributed by atoms with Gasteiger partial charge >= 0.3 is 5.97 Å². The topological polar surface area (TPSA) is 37.3 Å². The van der Waals surface area contributed by atoms with E-state index in [1.165, 1.54) is 6.07 Å². The molecule has 0 aromatic heterocycles. The third-order valence-corrected chi connectivity index (χ3v) is 2.29. The van der Waals surface area contributed by atoms with Crippen LogP contribution in [-0.2, 0) is 11.2 Å². The molecule has 0 spiro atoms. The van der Waals surface area contributed by atoms with Crippen LogP contribution in [0.4, 0.5) is 4.39 Å². The number of carboxylic acid groups (broad SMARTS) is 1. The maximum absolute atomic E-state index is 13.0. The molecule has 0 atom stereocenters. The highest BCUT2D eigenvalue weighted by Crippen LogP contribution is 2.13. The molecule has 0 radical (unpaired) electrons. The molecule has 0 heterocycles. The van der Waals surface area contributed by atoms with E-state index >= 15 is 0 Å². The fourth-order valence-electron chi connectivity index (χ4n) is 0.976. The average molecular weight is 294 g/mol. The summed E-state index contributed by atoms with van der Waals surface area (Å²) < 4.78 is 13.9. The molecule has 4 heteroatoms. The summed E-state index contributed by atoms with van der Waals surface area (Å²) in [6.45, 7) is 0. The van der Waals surface area contributed by atoms with Crippen molar-refractivity contribution >= 4 is 28.6 Å². The second kappa shape index (κ2) is 4.55. The quantitative estimate of drug-likeness (QED) is 0.869. The Morgan fingerprint density at radius 1 is 1.54 bits per heavy atom. The van der Waals surface area contributed by atoms with Crippen LogP contribution in [0, 0.1) is 9.39 Å². The number of hydrogen-bond acceptors (Lipinski definition) is 1. The minimum absolute atomic E-state index is 0.0307. The minimum atomic E-state index is -0.904. The molecule has 0 fully saturated rings. The average Bonchev–Trinajstić information content (AvgIpc) is 2.06. The molecule has 0 unspecified atom stereocenters. The van der Waals surface area contributed by atoms with Crippen molar-refractivity contribution in [2.24, 2.45) is 0 Å². The van der Waals surface area contributed by atoms with Gasteiger partial charge in [0.2, 0.25) is 0 Å². The summed E-state index contributed by atoms with van der Waals surface area (Å²) in [6.07, 6.45) is 0.217. The number of rotatable bonds is 3. The number of aryl methyl sites for hydroxylation is 1. The first-order chi connectivity index (χ1) is 6.09. The number of carboxylic acids is 1. The molecule has 0 bridgehead atoms. The van der Waals surface area contributed by atoms with Crippen LogP contribution in [0.1, 0.15) is 12.0 Å². The molecular weight excluding hydrogens is 286 g/mol. The lowest BCUT2D eigenvalue weighted by atomic mass is 10.1. The molecule has 1 rings (SSSR count). The lowest BCUT2D eigenvalue weighted by molar-refractivity contribution is -0.136. The van der Waals surface area contributed by atoms with E-state index in [2.05, 4.69) is 22.6 Å². The molecular formula is C9H8FIO2. The Morgan fingerprint density at radius 3 is 2.85 bits per heavy atom. The van der Waals surface area contributed by atoms with E-state index in [-0.39, 0.29) is 18.7 Å². The summed E-state index contributed by atoms with van der Waals surface area (Å²) in [5, 5.41) is 8.41. The zero-order chi connectivity index (χ0) is 9.84. The number of benzene rings is 1. The van der Waals surface area contributed by atoms with E-state index in [1.807, 2.05) is 0 Å². The normalized spacial score (nSPS) is 10.0. The molecule has 13 heavy (non-hydrogen) atoms. The van der Waals surface area contributed by atoms with E-state index in [9.17, 15) is 9.18 Å². The SMILES string of the molecule is O=C(O)CCc1cc(I)ccc1F. The Balaban J connectivity index is 2.75. The zero-order valence-electron chi connectivity index (χ0n) is 6.76. The van der Waals surface area contributed by atoms with Crippen molar-refractivity contribution in [3.05, 3.63) is 33.1 Å². The number of halogens is 2. The Labute approximate surface area is 88.9 Å². The summed E-state index contributed by atoms with van der Waals surface area (Å²) in [5.41, 5.74) is 0.467. The molecule has 0 aliphatic carbocycles. The number of aliphatic carboxylic acids is 1. The first kappa shape index (κ1) is 10.4. The maximum Gasteiger partial charge on any atom is 0.303 e. The van der Waals surface area contributed by atoms with Crippen LogP contribution in [0.2, 0.25) is 0 Å². The summed E-state index contributed by atoms with van der Waals surface area (Å²) in [4.78, 5) is 10.2. The minimum Gasteiger partial charge on any atom is -0.481 e. The van der Waals surface area contributed by atoms with Crippen molar-refractivity contribution in [2.75, 3.05) is 0 Å². The van der Waals surface area contributed by atoms with Crippen LogP contribution in [-0.4, -0.2) is 11.1 Å². The van der Waals surface area contributed by atoms with E-state index in [0.717, 1.165) is 3.57 Å². The fourth-order valence-corrected chi connectivity index (χ4v) is 1.53. The van der Waals surface area contributed by atoms with E-state index in [1.54, 1.807) is 12.1 Å². The molecule has 0 aliphatic heterocycles. The van der Waals surface area contributed by atoms with Crippen LogP contribution in [0.5, 0.6) is 0 Å². The molecule has 2 nitrogen and oxygen atoms in total. The van der Waals surface area contributed by atoms with Gasteiger partial charge in [-0.2, -0.15) is 0 Å². The fraction of sp³-hybridized carbons (Fsp3) is 0.222. The lowest BCUT2D eigenvalue weighted by Gasteiger charge is -2.01. The van der Waals surface area contributed by atoms with E-state index in [0.29, 0.717) is 5.56 Å². The van der Waals surface area contributed by atoms with Crippen LogP contribution in [0.3, 0.4) is 0 Å². The van der Waals surface area contributed by atoms with Crippen molar-refractivity contribution in [1.82, 2.24) is 0 Å². The zero-order valence-corrected chi connectivity index (χ0v) is 8.92. The molecule has 0 saturated carbocycles. The summed E-state index contributed by atoms with van der Waals surface area (Å²) in [7, 11) is 0. The second-order valence-corrected chi connectivity index (χ2v) is 3.88. The van der Waals surface area contributed by atoms with Gasteiger partial charge in [0.05, 0.1) is 0 Å². The lowest BCUT2D eigenvalue weighted by Crippen LogP contribution is -1.99. The molecule has 1 aromatic carbocycles. The standard InChI is InChI=1S/C9H8FIO2/c10-8-3-2-7(11)5-6(8)1-4-9(12)13/h2-3,5H,1,4H2,(H,12,13).